The SMILES string of the molecule is c1ccc(N(c2ccccc2)c2cccc(-c3ccc4c(c3)c3ccccc3c3cccc5c6ccccc6c6cccc4c6c35)c2)cc1. The second kappa shape index (κ2) is 11.1. The first-order valence-electron chi connectivity index (χ1n) is 16.9. The molecule has 0 saturated carbocycles. The Hall–Kier alpha value is -6.44. The standard InChI is InChI=1S/C48H31N/c1-3-15-34(16-4-1)49(35-17-5-2-6-18-35)36-19-11-14-32(30-36)33-28-29-41-45-27-13-25-43-38-21-8-7-20-37(38)42-24-12-26-44(47(42)48(43)45)39-22-9-10-23-40(39)46(41)31-33/h1-31H. The maximum Gasteiger partial charge on any atom is 0.0467 e. The number of rotatable bonds is 4. The van der Waals surface area contributed by atoms with Gasteiger partial charge < -0.3 is 4.90 Å². The van der Waals surface area contributed by atoms with Crippen molar-refractivity contribution in [3.05, 3.63) is 188 Å². The third kappa shape index (κ3) is 4.33. The third-order valence-corrected chi connectivity index (χ3v) is 10.2. The van der Waals surface area contributed by atoms with Crippen LogP contribution in [0.4, 0.5) is 17.1 Å². The molecule has 0 radical (unpaired) electrons. The van der Waals surface area contributed by atoms with Crippen LogP contribution >= 0.6 is 0 Å². The zero-order valence-corrected chi connectivity index (χ0v) is 26.8. The highest BCUT2D eigenvalue weighted by Gasteiger charge is 2.17. The van der Waals surface area contributed by atoms with Gasteiger partial charge in [-0.3, -0.25) is 0 Å². The summed E-state index contributed by atoms with van der Waals surface area (Å²) in [5.74, 6) is 0. The molecule has 0 atom stereocenters. The van der Waals surface area contributed by atoms with Crippen LogP contribution in [0, 0.1) is 0 Å². The van der Waals surface area contributed by atoms with E-state index >= 15 is 0 Å². The van der Waals surface area contributed by atoms with Crippen LogP contribution in [0.5, 0.6) is 0 Å². The van der Waals surface area contributed by atoms with Gasteiger partial charge in [0.1, 0.15) is 0 Å². The van der Waals surface area contributed by atoms with Crippen LogP contribution in [0.15, 0.2) is 188 Å². The summed E-state index contributed by atoms with van der Waals surface area (Å²) in [6.45, 7) is 0. The van der Waals surface area contributed by atoms with Crippen molar-refractivity contribution in [2.45, 2.75) is 0 Å². The molecule has 0 bridgehead atoms. The Morgan fingerprint density at radius 2 is 0.592 bits per heavy atom. The lowest BCUT2D eigenvalue weighted by molar-refractivity contribution is 1.28. The van der Waals surface area contributed by atoms with Crippen molar-refractivity contribution in [2.24, 2.45) is 0 Å². The number of hydrogen-bond donors (Lipinski definition) is 0. The van der Waals surface area contributed by atoms with Crippen molar-refractivity contribution < 1.29 is 0 Å². The molecule has 0 N–H and O–H groups in total. The zero-order valence-electron chi connectivity index (χ0n) is 26.8. The summed E-state index contributed by atoms with van der Waals surface area (Å²) in [6.07, 6.45) is 0. The quantitative estimate of drug-likeness (QED) is 0.177. The van der Waals surface area contributed by atoms with Gasteiger partial charge in [-0.15, -0.1) is 0 Å². The van der Waals surface area contributed by atoms with Crippen molar-refractivity contribution >= 4 is 81.7 Å². The molecule has 0 aliphatic rings. The fourth-order valence-corrected chi connectivity index (χ4v) is 8.05. The molecule has 0 amide bonds. The molecule has 228 valence electrons. The lowest BCUT2D eigenvalue weighted by atomic mass is 9.87. The van der Waals surface area contributed by atoms with Gasteiger partial charge in [0, 0.05) is 17.1 Å². The highest BCUT2D eigenvalue weighted by Crippen LogP contribution is 2.45. The van der Waals surface area contributed by atoms with Gasteiger partial charge in [0.15, 0.2) is 0 Å². The summed E-state index contributed by atoms with van der Waals surface area (Å²) in [5.41, 5.74) is 5.77. The Morgan fingerprint density at radius 1 is 0.224 bits per heavy atom. The van der Waals surface area contributed by atoms with Gasteiger partial charge in [0.2, 0.25) is 0 Å². The van der Waals surface area contributed by atoms with Gasteiger partial charge in [-0.25, -0.2) is 0 Å². The van der Waals surface area contributed by atoms with Gasteiger partial charge in [-0.05, 0) is 118 Å². The smallest absolute Gasteiger partial charge is 0.0467 e. The number of hydrogen-bond acceptors (Lipinski definition) is 1. The van der Waals surface area contributed by atoms with Crippen molar-refractivity contribution in [1.82, 2.24) is 0 Å². The summed E-state index contributed by atoms with van der Waals surface area (Å²) >= 11 is 0. The average molecular weight is 622 g/mol. The predicted molar refractivity (Wildman–Crippen MR) is 212 cm³/mol. The fraction of sp³-hybridized carbons (Fsp3) is 0. The molecule has 49 heavy (non-hydrogen) atoms. The van der Waals surface area contributed by atoms with Crippen LogP contribution in [-0.2, 0) is 0 Å². The van der Waals surface area contributed by atoms with Gasteiger partial charge in [0.05, 0.1) is 0 Å². The normalized spacial score (nSPS) is 11.7. The Balaban J connectivity index is 1.28. The van der Waals surface area contributed by atoms with Crippen LogP contribution in [0.3, 0.4) is 0 Å². The van der Waals surface area contributed by atoms with E-state index in [4.69, 9.17) is 0 Å². The van der Waals surface area contributed by atoms with E-state index in [1.54, 1.807) is 0 Å². The van der Waals surface area contributed by atoms with Gasteiger partial charge in [0.25, 0.3) is 0 Å². The lowest BCUT2D eigenvalue weighted by Crippen LogP contribution is -2.09. The number of anilines is 3. The molecule has 10 aromatic carbocycles. The molecule has 0 aliphatic heterocycles. The van der Waals surface area contributed by atoms with E-state index in [-0.39, 0.29) is 0 Å². The molecule has 0 heterocycles. The van der Waals surface area contributed by atoms with E-state index in [2.05, 4.69) is 193 Å². The first kappa shape index (κ1) is 27.7. The van der Waals surface area contributed by atoms with Crippen molar-refractivity contribution in [3.8, 4) is 11.1 Å². The molecule has 0 fully saturated rings. The van der Waals surface area contributed by atoms with Crippen LogP contribution in [0.25, 0.3) is 75.8 Å². The average Bonchev–Trinajstić information content (AvgIpc) is 3.18. The Kier molecular flexibility index (Phi) is 6.25. The van der Waals surface area contributed by atoms with Crippen LogP contribution in [0.1, 0.15) is 0 Å². The van der Waals surface area contributed by atoms with E-state index in [1.165, 1.54) is 75.8 Å². The molecule has 10 rings (SSSR count). The number of fused-ring (bicyclic) bond motifs is 8. The molecular formula is C48H31N. The minimum atomic E-state index is 1.12. The topological polar surface area (TPSA) is 3.24 Å². The molecule has 0 saturated heterocycles. The monoisotopic (exact) mass is 621 g/mol. The number of nitrogens with zero attached hydrogens (tertiary/aromatic N) is 1. The molecule has 1 heteroatoms. The Labute approximate surface area is 284 Å². The minimum absolute atomic E-state index is 1.12. The van der Waals surface area contributed by atoms with Crippen molar-refractivity contribution in [1.29, 1.82) is 0 Å². The first-order valence-corrected chi connectivity index (χ1v) is 16.9. The maximum atomic E-state index is 2.41. The highest BCUT2D eigenvalue weighted by atomic mass is 15.1. The van der Waals surface area contributed by atoms with Gasteiger partial charge in [-0.1, -0.05) is 146 Å². The van der Waals surface area contributed by atoms with E-state index in [1.807, 2.05) is 0 Å². The maximum absolute atomic E-state index is 2.41. The summed E-state index contributed by atoms with van der Waals surface area (Å²) in [6, 6.07) is 68.7. The van der Waals surface area contributed by atoms with Gasteiger partial charge >= 0.3 is 0 Å². The van der Waals surface area contributed by atoms with E-state index in [0.29, 0.717) is 0 Å². The van der Waals surface area contributed by atoms with Gasteiger partial charge in [-0.2, -0.15) is 0 Å². The lowest BCUT2D eigenvalue weighted by Gasteiger charge is -2.26. The number of benzene rings is 9. The van der Waals surface area contributed by atoms with Crippen LogP contribution < -0.4 is 4.90 Å². The second-order valence-corrected chi connectivity index (χ2v) is 12.9. The van der Waals surface area contributed by atoms with Crippen molar-refractivity contribution in [3.63, 3.8) is 0 Å². The third-order valence-electron chi connectivity index (χ3n) is 10.2. The molecule has 0 aromatic heterocycles. The summed E-state index contributed by atoms with van der Waals surface area (Å²) < 4.78 is 0. The largest absolute Gasteiger partial charge is 0.310 e. The second-order valence-electron chi connectivity index (χ2n) is 12.9. The summed E-state index contributed by atoms with van der Waals surface area (Å²) in [5, 5.41) is 15.5. The van der Waals surface area contributed by atoms with Crippen LogP contribution in [0.2, 0.25) is 0 Å². The van der Waals surface area contributed by atoms with Crippen molar-refractivity contribution in [2.75, 3.05) is 4.90 Å². The van der Waals surface area contributed by atoms with Crippen LogP contribution in [-0.4, -0.2) is 0 Å². The summed E-state index contributed by atoms with van der Waals surface area (Å²) in [4.78, 5) is 2.33. The molecular weight excluding hydrogens is 591 g/mol. The fourth-order valence-electron chi connectivity index (χ4n) is 8.05. The molecule has 1 nitrogen and oxygen atoms in total. The molecule has 0 spiro atoms. The minimum Gasteiger partial charge on any atom is -0.310 e. The zero-order chi connectivity index (χ0) is 32.3. The summed E-state index contributed by atoms with van der Waals surface area (Å²) in [7, 11) is 0. The highest BCUT2D eigenvalue weighted by molar-refractivity contribution is 6.38. The molecule has 0 aliphatic carbocycles. The van der Waals surface area contributed by atoms with E-state index in [9.17, 15) is 0 Å². The Bertz CT molecular complexity index is 2830. The first-order chi connectivity index (χ1) is 24.3. The number of para-hydroxylation sites is 2. The predicted octanol–water partition coefficient (Wildman–Crippen LogP) is 13.7. The van der Waals surface area contributed by atoms with E-state index in [0.717, 1.165) is 17.1 Å². The molecule has 0 unspecified atom stereocenters. The molecule has 10 aromatic rings. The van der Waals surface area contributed by atoms with E-state index < -0.39 is 0 Å². The Morgan fingerprint density at radius 3 is 1.10 bits per heavy atom.